The van der Waals surface area contributed by atoms with Gasteiger partial charge >= 0.3 is 0 Å². The van der Waals surface area contributed by atoms with Gasteiger partial charge in [0.2, 0.25) is 0 Å². The van der Waals surface area contributed by atoms with E-state index in [-0.39, 0.29) is 24.2 Å². The van der Waals surface area contributed by atoms with Crippen LogP contribution in [0.5, 0.6) is 0 Å². The van der Waals surface area contributed by atoms with E-state index in [4.69, 9.17) is 11.6 Å². The number of amides is 3. The molecule has 0 aliphatic carbocycles. The number of benzene rings is 2. The van der Waals surface area contributed by atoms with Crippen molar-refractivity contribution in [1.82, 2.24) is 10.2 Å². The molecule has 2 aromatic carbocycles. The van der Waals surface area contributed by atoms with Crippen LogP contribution in [0.2, 0.25) is 5.02 Å². The molecular weight excluding hydrogens is 373 g/mol. The van der Waals surface area contributed by atoms with Gasteiger partial charge in [-0.3, -0.25) is 19.3 Å². The van der Waals surface area contributed by atoms with Gasteiger partial charge in [-0.05, 0) is 30.3 Å². The number of fused-ring (bicyclic) bond motifs is 1. The van der Waals surface area contributed by atoms with Gasteiger partial charge in [0.25, 0.3) is 17.7 Å². The Morgan fingerprint density at radius 2 is 1.69 bits per heavy atom. The van der Waals surface area contributed by atoms with Crippen molar-refractivity contribution in [2.24, 2.45) is 0 Å². The van der Waals surface area contributed by atoms with Crippen LogP contribution in [-0.2, 0) is 0 Å². The second-order valence-electron chi connectivity index (χ2n) is 5.43. The Morgan fingerprint density at radius 3 is 2.42 bits per heavy atom. The fourth-order valence-electron chi connectivity index (χ4n) is 2.54. The molecule has 2 aromatic rings. The second kappa shape index (κ2) is 6.80. The zero-order valence-corrected chi connectivity index (χ0v) is 13.7. The fourth-order valence-corrected chi connectivity index (χ4v) is 2.72. The lowest BCUT2D eigenvalue weighted by molar-refractivity contribution is 0.0649. The molecule has 0 atom stereocenters. The molecule has 134 valence electrons. The first-order chi connectivity index (χ1) is 12.3. The molecule has 5 nitrogen and oxygen atoms in total. The summed E-state index contributed by atoms with van der Waals surface area (Å²) in [6, 6.07) is 5.69. The minimum Gasteiger partial charge on any atom is -0.350 e. The lowest BCUT2D eigenvalue weighted by Gasteiger charge is -2.14. The molecule has 3 amide bonds. The summed E-state index contributed by atoms with van der Waals surface area (Å²) >= 11 is 5.80. The molecule has 1 aliphatic rings. The van der Waals surface area contributed by atoms with Gasteiger partial charge in [0, 0.05) is 18.1 Å². The smallest absolute Gasteiger partial charge is 0.261 e. The number of halogens is 4. The zero-order valence-electron chi connectivity index (χ0n) is 13.0. The summed E-state index contributed by atoms with van der Waals surface area (Å²) in [4.78, 5) is 37.2. The van der Waals surface area contributed by atoms with Crippen molar-refractivity contribution in [2.45, 2.75) is 0 Å². The fraction of sp³-hybridized carbons (Fsp3) is 0.118. The van der Waals surface area contributed by atoms with Crippen molar-refractivity contribution in [1.29, 1.82) is 0 Å². The Bertz CT molecular complexity index is 949. The van der Waals surface area contributed by atoms with Gasteiger partial charge in [0.1, 0.15) is 0 Å². The minimum atomic E-state index is -1.75. The summed E-state index contributed by atoms with van der Waals surface area (Å²) in [5.41, 5.74) is -0.337. The SMILES string of the molecule is O=C(NCCN1C(=O)c2ccc(Cl)cc2C1=O)c1ccc(F)c(F)c1F. The van der Waals surface area contributed by atoms with Crippen LogP contribution in [0.15, 0.2) is 30.3 Å². The molecule has 1 N–H and O–H groups in total. The van der Waals surface area contributed by atoms with Crippen LogP contribution in [0.4, 0.5) is 13.2 Å². The summed E-state index contributed by atoms with van der Waals surface area (Å²) in [6.45, 7) is -0.378. The average molecular weight is 383 g/mol. The number of hydrogen-bond acceptors (Lipinski definition) is 3. The van der Waals surface area contributed by atoms with E-state index in [9.17, 15) is 27.6 Å². The Morgan fingerprint density at radius 1 is 1.00 bits per heavy atom. The Balaban J connectivity index is 1.66. The molecule has 0 fully saturated rings. The van der Waals surface area contributed by atoms with Crippen molar-refractivity contribution in [3.8, 4) is 0 Å². The van der Waals surface area contributed by atoms with E-state index in [2.05, 4.69) is 5.32 Å². The molecular formula is C17H10ClF3N2O3. The van der Waals surface area contributed by atoms with E-state index in [0.29, 0.717) is 11.1 Å². The number of imide groups is 1. The summed E-state index contributed by atoms with van der Waals surface area (Å²) in [5, 5.41) is 2.55. The van der Waals surface area contributed by atoms with Crippen LogP contribution in [0.25, 0.3) is 0 Å². The predicted molar refractivity (Wildman–Crippen MR) is 85.5 cm³/mol. The molecule has 26 heavy (non-hydrogen) atoms. The van der Waals surface area contributed by atoms with Gasteiger partial charge in [-0.2, -0.15) is 0 Å². The quantitative estimate of drug-likeness (QED) is 0.653. The zero-order chi connectivity index (χ0) is 19.0. The van der Waals surface area contributed by atoms with Crippen LogP contribution in [0, 0.1) is 17.5 Å². The molecule has 0 spiro atoms. The van der Waals surface area contributed by atoms with E-state index in [0.717, 1.165) is 11.0 Å². The lowest BCUT2D eigenvalue weighted by Crippen LogP contribution is -2.38. The third-order valence-electron chi connectivity index (χ3n) is 3.83. The van der Waals surface area contributed by atoms with Gasteiger partial charge in [-0.25, -0.2) is 13.2 Å². The predicted octanol–water partition coefficient (Wildman–Crippen LogP) is 2.78. The number of nitrogens with one attached hydrogen (secondary N) is 1. The van der Waals surface area contributed by atoms with Crippen LogP contribution in [0.3, 0.4) is 0 Å². The molecule has 0 saturated heterocycles. The van der Waals surface area contributed by atoms with Crippen molar-refractivity contribution in [3.63, 3.8) is 0 Å². The van der Waals surface area contributed by atoms with Crippen molar-refractivity contribution in [3.05, 3.63) is 69.5 Å². The largest absolute Gasteiger partial charge is 0.350 e. The molecule has 0 saturated carbocycles. The summed E-state index contributed by atoms with van der Waals surface area (Å²) in [5.74, 6) is -6.90. The maximum Gasteiger partial charge on any atom is 0.261 e. The molecule has 0 radical (unpaired) electrons. The van der Waals surface area contributed by atoms with Gasteiger partial charge in [-0.15, -0.1) is 0 Å². The van der Waals surface area contributed by atoms with Crippen LogP contribution in [-0.4, -0.2) is 35.7 Å². The highest BCUT2D eigenvalue weighted by molar-refractivity contribution is 6.32. The molecule has 0 unspecified atom stereocenters. The van der Waals surface area contributed by atoms with E-state index < -0.39 is 40.7 Å². The number of nitrogens with zero attached hydrogens (tertiary/aromatic N) is 1. The topological polar surface area (TPSA) is 66.5 Å². The van der Waals surface area contributed by atoms with E-state index in [1.54, 1.807) is 0 Å². The molecule has 1 aliphatic heterocycles. The molecule has 9 heteroatoms. The van der Waals surface area contributed by atoms with E-state index >= 15 is 0 Å². The maximum absolute atomic E-state index is 13.6. The molecule has 0 bridgehead atoms. The first kappa shape index (κ1) is 17.9. The summed E-state index contributed by atoms with van der Waals surface area (Å²) < 4.78 is 39.6. The van der Waals surface area contributed by atoms with E-state index in [1.807, 2.05) is 0 Å². The minimum absolute atomic E-state index is 0.153. The van der Waals surface area contributed by atoms with Gasteiger partial charge in [0.05, 0.1) is 16.7 Å². The Kier molecular flexibility index (Phi) is 4.69. The average Bonchev–Trinajstić information content (AvgIpc) is 2.84. The normalized spacial score (nSPS) is 13.2. The molecule has 1 heterocycles. The Labute approximate surface area is 150 Å². The Hall–Kier alpha value is -2.87. The molecule has 3 rings (SSSR count). The number of carbonyl (C=O) groups excluding carboxylic acids is 3. The summed E-state index contributed by atoms with van der Waals surface area (Å²) in [6.07, 6.45) is 0. The van der Waals surface area contributed by atoms with Crippen molar-refractivity contribution >= 4 is 29.3 Å². The van der Waals surface area contributed by atoms with Crippen LogP contribution in [0.1, 0.15) is 31.1 Å². The number of carbonyl (C=O) groups is 3. The highest BCUT2D eigenvalue weighted by Crippen LogP contribution is 2.25. The highest BCUT2D eigenvalue weighted by Gasteiger charge is 2.35. The first-order valence-corrected chi connectivity index (χ1v) is 7.76. The van der Waals surface area contributed by atoms with Crippen LogP contribution >= 0.6 is 11.6 Å². The molecule has 0 aromatic heterocycles. The number of rotatable bonds is 4. The van der Waals surface area contributed by atoms with Gasteiger partial charge in [-0.1, -0.05) is 11.6 Å². The second-order valence-corrected chi connectivity index (χ2v) is 5.87. The first-order valence-electron chi connectivity index (χ1n) is 7.38. The van der Waals surface area contributed by atoms with Crippen molar-refractivity contribution < 1.29 is 27.6 Å². The maximum atomic E-state index is 13.6. The van der Waals surface area contributed by atoms with Gasteiger partial charge < -0.3 is 5.32 Å². The van der Waals surface area contributed by atoms with Crippen molar-refractivity contribution in [2.75, 3.05) is 13.1 Å². The third-order valence-corrected chi connectivity index (χ3v) is 4.07. The number of hydrogen-bond donors (Lipinski definition) is 1. The standard InChI is InChI=1S/C17H10ClF3N2O3/c18-8-1-2-9-11(7-8)17(26)23(16(9)25)6-5-22-15(24)10-3-4-12(19)14(21)13(10)20/h1-4,7H,5-6H2,(H,22,24). The van der Waals surface area contributed by atoms with Crippen LogP contribution < -0.4 is 5.32 Å². The van der Waals surface area contributed by atoms with E-state index in [1.165, 1.54) is 18.2 Å². The lowest BCUT2D eigenvalue weighted by atomic mass is 10.1. The third kappa shape index (κ3) is 3.03. The van der Waals surface area contributed by atoms with Gasteiger partial charge in [0.15, 0.2) is 17.5 Å². The summed E-state index contributed by atoms with van der Waals surface area (Å²) in [7, 11) is 0. The highest BCUT2D eigenvalue weighted by atomic mass is 35.5. The monoisotopic (exact) mass is 382 g/mol.